The van der Waals surface area contributed by atoms with Gasteiger partial charge in [0, 0.05) is 13.1 Å². The minimum absolute atomic E-state index is 0.0264. The highest BCUT2D eigenvalue weighted by Gasteiger charge is 2.07. The Morgan fingerprint density at radius 2 is 2.50 bits per heavy atom. The summed E-state index contributed by atoms with van der Waals surface area (Å²) in [6.07, 6.45) is 3.08. The van der Waals surface area contributed by atoms with Gasteiger partial charge in [-0.3, -0.25) is 4.79 Å². The van der Waals surface area contributed by atoms with Crippen LogP contribution < -0.4 is 0 Å². The van der Waals surface area contributed by atoms with Gasteiger partial charge in [-0.1, -0.05) is 5.16 Å². The van der Waals surface area contributed by atoms with Gasteiger partial charge >= 0.3 is 0 Å². The van der Waals surface area contributed by atoms with Crippen LogP contribution in [0.3, 0.4) is 0 Å². The zero-order valence-electron chi connectivity index (χ0n) is 7.67. The van der Waals surface area contributed by atoms with Crippen molar-refractivity contribution >= 4 is 5.78 Å². The molecule has 2 rings (SSSR count). The van der Waals surface area contributed by atoms with Crippen LogP contribution in [0.2, 0.25) is 0 Å². The van der Waals surface area contributed by atoms with E-state index in [9.17, 15) is 4.79 Å². The largest absolute Gasteiger partial charge is 0.343 e. The first-order valence-corrected chi connectivity index (χ1v) is 4.18. The van der Waals surface area contributed by atoms with E-state index >= 15 is 0 Å². The Balaban J connectivity index is 2.25. The van der Waals surface area contributed by atoms with Crippen LogP contribution in [-0.2, 0) is 6.54 Å². The van der Waals surface area contributed by atoms with Gasteiger partial charge in [0.05, 0.1) is 12.2 Å². The first kappa shape index (κ1) is 8.68. The van der Waals surface area contributed by atoms with Crippen molar-refractivity contribution in [1.29, 1.82) is 0 Å². The maximum atomic E-state index is 11.2. The number of carbonyl (C=O) groups excluding carboxylic acids is 1. The summed E-state index contributed by atoms with van der Waals surface area (Å²) in [5.41, 5.74) is 0.648. The van der Waals surface area contributed by atoms with Crippen molar-refractivity contribution in [3.63, 3.8) is 0 Å². The Morgan fingerprint density at radius 1 is 1.64 bits per heavy atom. The van der Waals surface area contributed by atoms with Gasteiger partial charge in [-0.2, -0.15) is 4.98 Å². The minimum Gasteiger partial charge on any atom is -0.343 e. The molecule has 2 heterocycles. The molecule has 14 heavy (non-hydrogen) atoms. The molecule has 0 aliphatic heterocycles. The molecule has 0 N–H and O–H groups in total. The van der Waals surface area contributed by atoms with Crippen molar-refractivity contribution in [1.82, 2.24) is 14.7 Å². The van der Waals surface area contributed by atoms with E-state index in [1.54, 1.807) is 10.6 Å². The predicted molar refractivity (Wildman–Crippen MR) is 47.8 cm³/mol. The van der Waals surface area contributed by atoms with E-state index in [-0.39, 0.29) is 5.78 Å². The van der Waals surface area contributed by atoms with Crippen molar-refractivity contribution < 1.29 is 9.32 Å². The molecule has 0 unspecified atom stereocenters. The molecule has 0 atom stereocenters. The third-order valence-corrected chi connectivity index (χ3v) is 1.91. The number of ketones is 1. The van der Waals surface area contributed by atoms with Crippen LogP contribution >= 0.6 is 0 Å². The fourth-order valence-corrected chi connectivity index (χ4v) is 1.29. The summed E-state index contributed by atoms with van der Waals surface area (Å²) in [5.74, 6) is 0.585. The predicted octanol–water partition coefficient (Wildman–Crippen LogP) is 1.12. The van der Waals surface area contributed by atoms with Crippen molar-refractivity contribution in [3.05, 3.63) is 36.2 Å². The lowest BCUT2D eigenvalue weighted by Crippen LogP contribution is -2.07. The van der Waals surface area contributed by atoms with Crippen LogP contribution in [0, 0.1) is 0 Å². The number of hydrogen-bond acceptors (Lipinski definition) is 4. The van der Waals surface area contributed by atoms with E-state index in [2.05, 4.69) is 14.7 Å². The highest BCUT2D eigenvalue weighted by atomic mass is 16.5. The molecule has 0 aliphatic rings. The van der Waals surface area contributed by atoms with Crippen LogP contribution in [-0.4, -0.2) is 20.5 Å². The number of rotatable bonds is 3. The molecule has 5 heteroatoms. The van der Waals surface area contributed by atoms with Gasteiger partial charge in [0.1, 0.15) is 0 Å². The number of carbonyl (C=O) groups is 1. The minimum atomic E-state index is 0.0264. The molecule has 0 saturated heterocycles. The fraction of sp³-hybridized carbons (Fsp3) is 0.222. The second-order valence-electron chi connectivity index (χ2n) is 2.92. The maximum absolute atomic E-state index is 11.2. The number of nitrogens with zero attached hydrogens (tertiary/aromatic N) is 3. The van der Waals surface area contributed by atoms with Crippen LogP contribution in [0.25, 0.3) is 0 Å². The summed E-state index contributed by atoms with van der Waals surface area (Å²) in [6, 6.07) is 3.58. The van der Waals surface area contributed by atoms with E-state index in [1.807, 2.05) is 12.3 Å². The van der Waals surface area contributed by atoms with Gasteiger partial charge in [-0.25, -0.2) is 0 Å². The topological polar surface area (TPSA) is 60.9 Å². The highest BCUT2D eigenvalue weighted by molar-refractivity contribution is 5.92. The van der Waals surface area contributed by atoms with Gasteiger partial charge in [-0.05, 0) is 12.1 Å². The van der Waals surface area contributed by atoms with Gasteiger partial charge in [0.25, 0.3) is 0 Å². The standard InChI is InChI=1S/C9H9N3O2/c1-7(13)8-3-2-4-12(8)5-9-10-6-14-11-9/h2-4,6H,5H2,1H3. The summed E-state index contributed by atoms with van der Waals surface area (Å²) >= 11 is 0. The van der Waals surface area contributed by atoms with Crippen molar-refractivity contribution in [2.75, 3.05) is 0 Å². The zero-order chi connectivity index (χ0) is 9.97. The van der Waals surface area contributed by atoms with E-state index in [1.165, 1.54) is 13.3 Å². The summed E-state index contributed by atoms with van der Waals surface area (Å²) in [7, 11) is 0. The van der Waals surface area contributed by atoms with Crippen LogP contribution in [0.15, 0.2) is 29.2 Å². The third kappa shape index (κ3) is 1.56. The molecular weight excluding hydrogens is 182 g/mol. The molecule has 0 spiro atoms. The van der Waals surface area contributed by atoms with Gasteiger partial charge in [0.2, 0.25) is 6.39 Å². The van der Waals surface area contributed by atoms with Crippen molar-refractivity contribution in [3.8, 4) is 0 Å². The average Bonchev–Trinajstić information content (AvgIpc) is 2.75. The smallest absolute Gasteiger partial charge is 0.213 e. The molecule has 0 amide bonds. The Labute approximate surface area is 80.3 Å². The number of hydrogen-bond donors (Lipinski definition) is 0. The molecule has 2 aromatic rings. The molecule has 0 saturated carbocycles. The Hall–Kier alpha value is -1.91. The fourth-order valence-electron chi connectivity index (χ4n) is 1.29. The molecule has 5 nitrogen and oxygen atoms in total. The first-order chi connectivity index (χ1) is 6.77. The molecular formula is C9H9N3O2. The summed E-state index contributed by atoms with van der Waals surface area (Å²) in [4.78, 5) is 15.1. The molecule has 72 valence electrons. The van der Waals surface area contributed by atoms with Crippen LogP contribution in [0.1, 0.15) is 23.2 Å². The summed E-state index contributed by atoms with van der Waals surface area (Å²) in [5, 5.41) is 3.67. The van der Waals surface area contributed by atoms with E-state index < -0.39 is 0 Å². The SMILES string of the molecule is CC(=O)c1cccn1Cc1ncon1. The monoisotopic (exact) mass is 191 g/mol. The Morgan fingerprint density at radius 3 is 3.14 bits per heavy atom. The van der Waals surface area contributed by atoms with Crippen LogP contribution in [0.5, 0.6) is 0 Å². The van der Waals surface area contributed by atoms with Crippen molar-refractivity contribution in [2.45, 2.75) is 13.5 Å². The molecule has 0 aliphatic carbocycles. The Kier molecular flexibility index (Phi) is 2.14. The summed E-state index contributed by atoms with van der Waals surface area (Å²) < 4.78 is 6.39. The van der Waals surface area contributed by atoms with Crippen LogP contribution in [0.4, 0.5) is 0 Å². The highest BCUT2D eigenvalue weighted by Crippen LogP contribution is 2.05. The average molecular weight is 191 g/mol. The zero-order valence-corrected chi connectivity index (χ0v) is 7.67. The Bertz CT molecular complexity index is 431. The second-order valence-corrected chi connectivity index (χ2v) is 2.92. The van der Waals surface area contributed by atoms with E-state index in [0.717, 1.165) is 0 Å². The van der Waals surface area contributed by atoms with Gasteiger partial charge in [0.15, 0.2) is 11.6 Å². The van der Waals surface area contributed by atoms with Crippen molar-refractivity contribution in [2.24, 2.45) is 0 Å². The maximum Gasteiger partial charge on any atom is 0.213 e. The molecule has 0 aromatic carbocycles. The van der Waals surface area contributed by atoms with Gasteiger partial charge < -0.3 is 9.09 Å². The molecule has 2 aromatic heterocycles. The lowest BCUT2D eigenvalue weighted by Gasteiger charge is -2.02. The molecule has 0 bridgehead atoms. The lowest BCUT2D eigenvalue weighted by molar-refractivity contribution is 0.100. The number of aromatic nitrogens is 3. The molecule has 0 fully saturated rings. The second kappa shape index (κ2) is 3.45. The van der Waals surface area contributed by atoms with Gasteiger partial charge in [-0.15, -0.1) is 0 Å². The van der Waals surface area contributed by atoms with E-state index in [0.29, 0.717) is 18.1 Å². The first-order valence-electron chi connectivity index (χ1n) is 4.18. The third-order valence-electron chi connectivity index (χ3n) is 1.91. The van der Waals surface area contributed by atoms with E-state index in [4.69, 9.17) is 0 Å². The number of Topliss-reactive ketones (excluding diaryl/α,β-unsaturated/α-hetero) is 1. The summed E-state index contributed by atoms with van der Waals surface area (Å²) in [6.45, 7) is 1.99. The molecule has 0 radical (unpaired) electrons. The normalized spacial score (nSPS) is 10.4. The lowest BCUT2D eigenvalue weighted by atomic mass is 10.3. The quantitative estimate of drug-likeness (QED) is 0.682.